The van der Waals surface area contributed by atoms with Gasteiger partial charge in [0, 0.05) is 31.3 Å². The van der Waals surface area contributed by atoms with Crippen LogP contribution in [0.5, 0.6) is 0 Å². The van der Waals surface area contributed by atoms with E-state index in [9.17, 15) is 4.79 Å². The summed E-state index contributed by atoms with van der Waals surface area (Å²) in [6.07, 6.45) is 6.55. The second kappa shape index (κ2) is 6.83. The first-order valence-corrected chi connectivity index (χ1v) is 6.96. The molecule has 2 aromatic heterocycles. The van der Waals surface area contributed by atoms with Gasteiger partial charge in [0.05, 0.1) is 11.9 Å². The Morgan fingerprint density at radius 1 is 1.43 bits per heavy atom. The van der Waals surface area contributed by atoms with E-state index in [0.717, 1.165) is 18.7 Å². The molecule has 0 radical (unpaired) electrons. The molecular weight excluding hydrogens is 268 g/mol. The number of rotatable bonds is 6. The number of hydrogen-bond acceptors (Lipinski definition) is 5. The van der Waals surface area contributed by atoms with Gasteiger partial charge in [-0.25, -0.2) is 15.0 Å². The minimum Gasteiger partial charge on any atom is -0.396 e. The number of anilines is 1. The molecule has 0 aromatic carbocycles. The average Bonchev–Trinajstić information content (AvgIpc) is 2.96. The van der Waals surface area contributed by atoms with Crippen molar-refractivity contribution in [1.82, 2.24) is 25.3 Å². The van der Waals surface area contributed by atoms with Gasteiger partial charge < -0.3 is 16.0 Å². The molecule has 112 valence electrons. The van der Waals surface area contributed by atoms with Crippen molar-refractivity contribution in [3.05, 3.63) is 35.9 Å². The molecule has 0 atom stereocenters. The van der Waals surface area contributed by atoms with Crippen LogP contribution in [-0.4, -0.2) is 32.4 Å². The van der Waals surface area contributed by atoms with Crippen molar-refractivity contribution in [1.29, 1.82) is 0 Å². The van der Waals surface area contributed by atoms with Gasteiger partial charge in [-0.15, -0.1) is 0 Å². The third kappa shape index (κ3) is 4.01. The van der Waals surface area contributed by atoms with Crippen LogP contribution in [0, 0.1) is 0 Å². The SMILES string of the molecule is CC(C)c1ncc(N)c(C(=O)NCCCc2ncc[nH]2)n1. The Morgan fingerprint density at radius 2 is 2.24 bits per heavy atom. The summed E-state index contributed by atoms with van der Waals surface area (Å²) >= 11 is 0. The molecule has 1 amide bonds. The van der Waals surface area contributed by atoms with Crippen molar-refractivity contribution in [3.63, 3.8) is 0 Å². The van der Waals surface area contributed by atoms with E-state index in [2.05, 4.69) is 25.3 Å². The zero-order valence-electron chi connectivity index (χ0n) is 12.3. The third-order valence-corrected chi connectivity index (χ3v) is 3.00. The number of nitrogen functional groups attached to an aromatic ring is 1. The molecule has 0 aliphatic rings. The first kappa shape index (κ1) is 15.0. The minimum absolute atomic E-state index is 0.149. The highest BCUT2D eigenvalue weighted by Crippen LogP contribution is 2.13. The third-order valence-electron chi connectivity index (χ3n) is 3.00. The number of aromatic nitrogens is 4. The lowest BCUT2D eigenvalue weighted by atomic mass is 10.2. The fourth-order valence-corrected chi connectivity index (χ4v) is 1.84. The summed E-state index contributed by atoms with van der Waals surface area (Å²) in [4.78, 5) is 27.6. The average molecular weight is 288 g/mol. The van der Waals surface area contributed by atoms with Crippen molar-refractivity contribution in [2.75, 3.05) is 12.3 Å². The Morgan fingerprint density at radius 3 is 2.90 bits per heavy atom. The largest absolute Gasteiger partial charge is 0.396 e. The summed E-state index contributed by atoms with van der Waals surface area (Å²) in [5.41, 5.74) is 6.31. The van der Waals surface area contributed by atoms with Crippen molar-refractivity contribution in [2.24, 2.45) is 0 Å². The van der Waals surface area contributed by atoms with Crippen molar-refractivity contribution in [2.45, 2.75) is 32.6 Å². The predicted molar refractivity (Wildman–Crippen MR) is 79.8 cm³/mol. The normalized spacial score (nSPS) is 10.8. The van der Waals surface area contributed by atoms with Gasteiger partial charge in [0.1, 0.15) is 11.6 Å². The molecule has 0 saturated carbocycles. The highest BCUT2D eigenvalue weighted by Gasteiger charge is 2.14. The molecule has 0 aliphatic carbocycles. The molecule has 4 N–H and O–H groups in total. The van der Waals surface area contributed by atoms with Crippen molar-refractivity contribution < 1.29 is 4.79 Å². The first-order chi connectivity index (χ1) is 10.1. The lowest BCUT2D eigenvalue weighted by Gasteiger charge is -2.09. The van der Waals surface area contributed by atoms with E-state index in [0.29, 0.717) is 18.1 Å². The molecule has 0 spiro atoms. The van der Waals surface area contributed by atoms with Gasteiger partial charge in [-0.2, -0.15) is 0 Å². The van der Waals surface area contributed by atoms with Crippen LogP contribution in [0.1, 0.15) is 48.3 Å². The second-order valence-electron chi connectivity index (χ2n) is 5.08. The quantitative estimate of drug-likeness (QED) is 0.693. The number of hydrogen-bond donors (Lipinski definition) is 3. The lowest BCUT2D eigenvalue weighted by Crippen LogP contribution is -2.27. The fraction of sp³-hybridized carbons (Fsp3) is 0.429. The van der Waals surface area contributed by atoms with Gasteiger partial charge in [0.15, 0.2) is 5.69 Å². The van der Waals surface area contributed by atoms with Gasteiger partial charge in [-0.05, 0) is 6.42 Å². The van der Waals surface area contributed by atoms with Gasteiger partial charge in [0.25, 0.3) is 5.91 Å². The van der Waals surface area contributed by atoms with E-state index >= 15 is 0 Å². The number of imidazole rings is 1. The predicted octanol–water partition coefficient (Wildman–Crippen LogP) is 1.27. The molecular formula is C14H20N6O. The van der Waals surface area contributed by atoms with Gasteiger partial charge >= 0.3 is 0 Å². The number of nitrogens with two attached hydrogens (primary N) is 1. The van der Waals surface area contributed by atoms with E-state index in [4.69, 9.17) is 5.73 Å². The summed E-state index contributed by atoms with van der Waals surface area (Å²) < 4.78 is 0. The van der Waals surface area contributed by atoms with Gasteiger partial charge in [-0.1, -0.05) is 13.8 Å². The number of aromatic amines is 1. The Hall–Kier alpha value is -2.44. The Balaban J connectivity index is 1.89. The van der Waals surface area contributed by atoms with Crippen LogP contribution in [0.25, 0.3) is 0 Å². The van der Waals surface area contributed by atoms with Crippen LogP contribution in [0.4, 0.5) is 5.69 Å². The first-order valence-electron chi connectivity index (χ1n) is 6.96. The van der Waals surface area contributed by atoms with E-state index in [1.807, 2.05) is 13.8 Å². The van der Waals surface area contributed by atoms with Crippen LogP contribution < -0.4 is 11.1 Å². The number of nitrogens with zero attached hydrogens (tertiary/aromatic N) is 3. The maximum atomic E-state index is 12.1. The smallest absolute Gasteiger partial charge is 0.272 e. The molecule has 0 aliphatic heterocycles. The molecule has 0 bridgehead atoms. The number of nitrogens with one attached hydrogen (secondary N) is 2. The van der Waals surface area contributed by atoms with Crippen molar-refractivity contribution >= 4 is 11.6 Å². The van der Waals surface area contributed by atoms with Crippen LogP contribution in [0.15, 0.2) is 18.6 Å². The summed E-state index contributed by atoms with van der Waals surface area (Å²) in [6.45, 7) is 4.48. The van der Waals surface area contributed by atoms with Crippen molar-refractivity contribution in [3.8, 4) is 0 Å². The van der Waals surface area contributed by atoms with Gasteiger partial charge in [-0.3, -0.25) is 4.79 Å². The molecule has 2 heterocycles. The number of carbonyl (C=O) groups is 1. The maximum Gasteiger partial charge on any atom is 0.272 e. The number of aryl methyl sites for hydroxylation is 1. The Labute approximate surface area is 123 Å². The monoisotopic (exact) mass is 288 g/mol. The maximum absolute atomic E-state index is 12.1. The minimum atomic E-state index is -0.267. The summed E-state index contributed by atoms with van der Waals surface area (Å²) in [7, 11) is 0. The van der Waals surface area contributed by atoms with E-state index < -0.39 is 0 Å². The van der Waals surface area contributed by atoms with Crippen LogP contribution in [-0.2, 0) is 6.42 Å². The van der Waals surface area contributed by atoms with Crippen LogP contribution in [0.3, 0.4) is 0 Å². The van der Waals surface area contributed by atoms with Crippen LogP contribution >= 0.6 is 0 Å². The molecule has 7 nitrogen and oxygen atoms in total. The van der Waals surface area contributed by atoms with E-state index in [1.54, 1.807) is 12.4 Å². The molecule has 2 rings (SSSR count). The Bertz CT molecular complexity index is 594. The van der Waals surface area contributed by atoms with Crippen LogP contribution in [0.2, 0.25) is 0 Å². The summed E-state index contributed by atoms with van der Waals surface area (Å²) in [5, 5.41) is 2.82. The number of carbonyl (C=O) groups excluding carboxylic acids is 1. The summed E-state index contributed by atoms with van der Waals surface area (Å²) in [6, 6.07) is 0. The van der Waals surface area contributed by atoms with E-state index in [-0.39, 0.29) is 17.5 Å². The summed E-state index contributed by atoms with van der Waals surface area (Å²) in [5.74, 6) is 1.41. The lowest BCUT2D eigenvalue weighted by molar-refractivity contribution is 0.0948. The number of amides is 1. The van der Waals surface area contributed by atoms with E-state index in [1.165, 1.54) is 6.20 Å². The standard InChI is InChI=1S/C14H20N6O/c1-9(2)13-19-8-10(15)12(20-13)14(21)18-5-3-4-11-16-6-7-17-11/h6-9H,3-5,15H2,1-2H3,(H,16,17)(H,18,21). The molecule has 0 fully saturated rings. The topological polar surface area (TPSA) is 110 Å². The molecule has 7 heteroatoms. The zero-order valence-corrected chi connectivity index (χ0v) is 12.3. The molecule has 0 unspecified atom stereocenters. The molecule has 0 saturated heterocycles. The van der Waals surface area contributed by atoms with Gasteiger partial charge in [0.2, 0.25) is 0 Å². The fourth-order valence-electron chi connectivity index (χ4n) is 1.84. The Kier molecular flexibility index (Phi) is 4.86. The second-order valence-corrected chi connectivity index (χ2v) is 5.08. The number of H-pyrrole nitrogens is 1. The molecule has 2 aromatic rings. The highest BCUT2D eigenvalue weighted by molar-refractivity contribution is 5.96. The molecule has 21 heavy (non-hydrogen) atoms. The zero-order chi connectivity index (χ0) is 15.2. The highest BCUT2D eigenvalue weighted by atomic mass is 16.1.